The highest BCUT2D eigenvalue weighted by Crippen LogP contribution is 2.39. The quantitative estimate of drug-likeness (QED) is 0.472. The molecule has 4 heteroatoms. The number of nitrogens with zero attached hydrogens (tertiary/aromatic N) is 1. The van der Waals surface area contributed by atoms with Crippen LogP contribution in [0.1, 0.15) is 70.6 Å². The third-order valence-electron chi connectivity index (χ3n) is 5.52. The Hall–Kier alpha value is -1.44. The van der Waals surface area contributed by atoms with Crippen molar-refractivity contribution in [2.24, 2.45) is 5.10 Å². The minimum atomic E-state index is -2.15. The van der Waals surface area contributed by atoms with Crippen LogP contribution < -0.4 is 15.8 Å². The molecule has 0 spiro atoms. The third-order valence-corrected chi connectivity index (χ3v) is 9.46. The number of nitrogens with one attached hydrogen (secondary N) is 1. The Bertz CT molecular complexity index is 716. The van der Waals surface area contributed by atoms with E-state index in [2.05, 4.69) is 53.7 Å². The summed E-state index contributed by atoms with van der Waals surface area (Å²) < 4.78 is 0. The van der Waals surface area contributed by atoms with E-state index in [0.717, 1.165) is 12.8 Å². The van der Waals surface area contributed by atoms with Crippen LogP contribution in [-0.4, -0.2) is 5.71 Å². The Balaban J connectivity index is 1.79. The van der Waals surface area contributed by atoms with E-state index in [9.17, 15) is 0 Å². The Morgan fingerprint density at radius 1 is 0.607 bits per heavy atom. The molecule has 0 aromatic heterocycles. The zero-order valence-corrected chi connectivity index (χ0v) is 18.6. The minimum absolute atomic E-state index is 1.10. The van der Waals surface area contributed by atoms with E-state index >= 15 is 0 Å². The number of hydrazone groups is 1. The molecule has 1 aliphatic carbocycles. The monoisotopic (exact) mass is 412 g/mol. The van der Waals surface area contributed by atoms with E-state index in [0.29, 0.717) is 0 Å². The van der Waals surface area contributed by atoms with Gasteiger partial charge in [-0.2, -0.15) is 5.10 Å². The van der Waals surface area contributed by atoms with E-state index in [1.54, 1.807) is 0 Å². The summed E-state index contributed by atoms with van der Waals surface area (Å²) in [6, 6.07) is 21.0. The molecule has 3 rings (SSSR count). The molecule has 0 unspecified atom stereocenters. The summed E-state index contributed by atoms with van der Waals surface area (Å²) in [5.74, 6) is 0. The molecule has 150 valence electrons. The van der Waals surface area contributed by atoms with Gasteiger partial charge in [0, 0.05) is 16.3 Å². The standard InChI is InChI=1S/C24H33N2PS/c28-27(23-18-12-8-13-19-23,24-20-14-9-15-21-24)26-25-22-16-10-6-4-2-1-3-5-7-11-17-22/h8-9,12-15,18-21H,1-7,10-11,16-17H2,(H,26,28). The van der Waals surface area contributed by atoms with Crippen LogP contribution in [0.3, 0.4) is 0 Å². The maximum atomic E-state index is 6.24. The summed E-state index contributed by atoms with van der Waals surface area (Å²) in [7, 11) is 0. The van der Waals surface area contributed by atoms with Crippen molar-refractivity contribution < 1.29 is 0 Å². The lowest BCUT2D eigenvalue weighted by molar-refractivity contribution is 0.555. The van der Waals surface area contributed by atoms with Crippen LogP contribution in [0.15, 0.2) is 65.8 Å². The number of hydrogen-bond acceptors (Lipinski definition) is 2. The molecule has 2 nitrogen and oxygen atoms in total. The van der Waals surface area contributed by atoms with Crippen molar-refractivity contribution in [3.8, 4) is 0 Å². The van der Waals surface area contributed by atoms with Gasteiger partial charge in [0.25, 0.3) is 0 Å². The Kier molecular flexibility index (Phi) is 8.76. The SMILES string of the molecule is S=P(NN=C1CCCCCCCCCCC1)(c1ccccc1)c1ccccc1. The molecule has 0 atom stereocenters. The average Bonchev–Trinajstić information content (AvgIpc) is 2.74. The summed E-state index contributed by atoms with van der Waals surface area (Å²) in [6.45, 7) is 0. The topological polar surface area (TPSA) is 24.4 Å². The molecule has 28 heavy (non-hydrogen) atoms. The van der Waals surface area contributed by atoms with Gasteiger partial charge in [-0.3, -0.25) is 5.20 Å². The fourth-order valence-electron chi connectivity index (χ4n) is 3.81. The van der Waals surface area contributed by atoms with Crippen LogP contribution in [0.5, 0.6) is 0 Å². The largest absolute Gasteiger partial charge is 0.272 e. The first-order chi connectivity index (χ1) is 13.8. The van der Waals surface area contributed by atoms with Crippen molar-refractivity contribution in [1.29, 1.82) is 0 Å². The van der Waals surface area contributed by atoms with Gasteiger partial charge >= 0.3 is 0 Å². The second-order valence-electron chi connectivity index (χ2n) is 7.74. The first-order valence-electron chi connectivity index (χ1n) is 10.8. The number of hydrogen-bond donors (Lipinski definition) is 1. The lowest BCUT2D eigenvalue weighted by Gasteiger charge is -2.23. The molecule has 0 bridgehead atoms. The van der Waals surface area contributed by atoms with Gasteiger partial charge in [0.2, 0.25) is 0 Å². The normalized spacial score (nSPS) is 17.2. The van der Waals surface area contributed by atoms with E-state index in [1.165, 1.54) is 74.1 Å². The summed E-state index contributed by atoms with van der Waals surface area (Å²) in [6.07, 6.45) is 12.1. The molecule has 2 aromatic rings. The van der Waals surface area contributed by atoms with Crippen molar-refractivity contribution in [3.05, 3.63) is 60.7 Å². The van der Waals surface area contributed by atoms with Crippen molar-refractivity contribution in [3.63, 3.8) is 0 Å². The Labute approximate surface area is 175 Å². The molecule has 1 N–H and O–H groups in total. The van der Waals surface area contributed by atoms with E-state index in [4.69, 9.17) is 16.9 Å². The molecule has 0 heterocycles. The first kappa shape index (κ1) is 21.3. The van der Waals surface area contributed by atoms with Gasteiger partial charge in [-0.1, -0.05) is 117 Å². The lowest BCUT2D eigenvalue weighted by Crippen LogP contribution is -2.25. The Morgan fingerprint density at radius 3 is 1.43 bits per heavy atom. The maximum absolute atomic E-state index is 6.24. The zero-order valence-electron chi connectivity index (χ0n) is 16.9. The highest BCUT2D eigenvalue weighted by molar-refractivity contribution is 8.20. The second kappa shape index (κ2) is 11.5. The minimum Gasteiger partial charge on any atom is -0.272 e. The molecule has 1 aliphatic rings. The van der Waals surface area contributed by atoms with Crippen LogP contribution >= 0.6 is 6.19 Å². The molecule has 1 fully saturated rings. The van der Waals surface area contributed by atoms with E-state index < -0.39 is 6.19 Å². The summed E-state index contributed by atoms with van der Waals surface area (Å²) >= 11 is 6.24. The van der Waals surface area contributed by atoms with Crippen molar-refractivity contribution >= 4 is 34.3 Å². The number of benzene rings is 2. The fourth-order valence-corrected chi connectivity index (χ4v) is 6.66. The van der Waals surface area contributed by atoms with Crippen molar-refractivity contribution in [2.75, 3.05) is 0 Å². The Morgan fingerprint density at radius 2 is 1.00 bits per heavy atom. The van der Waals surface area contributed by atoms with Gasteiger partial charge in [0.1, 0.15) is 6.19 Å². The van der Waals surface area contributed by atoms with Crippen molar-refractivity contribution in [1.82, 2.24) is 5.20 Å². The van der Waals surface area contributed by atoms with Crippen molar-refractivity contribution in [2.45, 2.75) is 70.6 Å². The molecule has 2 aromatic carbocycles. The van der Waals surface area contributed by atoms with Crippen LogP contribution in [0.4, 0.5) is 0 Å². The van der Waals surface area contributed by atoms with Crippen LogP contribution in [0.2, 0.25) is 0 Å². The van der Waals surface area contributed by atoms with Gasteiger partial charge < -0.3 is 0 Å². The molecule has 0 saturated heterocycles. The van der Waals surface area contributed by atoms with Gasteiger partial charge in [0.15, 0.2) is 0 Å². The van der Waals surface area contributed by atoms with E-state index in [-0.39, 0.29) is 0 Å². The van der Waals surface area contributed by atoms with Crippen LogP contribution in [0, 0.1) is 0 Å². The molecule has 1 saturated carbocycles. The molecule has 0 aliphatic heterocycles. The van der Waals surface area contributed by atoms with Gasteiger partial charge in [-0.05, 0) is 25.7 Å². The number of rotatable bonds is 4. The predicted molar refractivity (Wildman–Crippen MR) is 128 cm³/mol. The fraction of sp³-hybridized carbons (Fsp3) is 0.458. The lowest BCUT2D eigenvalue weighted by atomic mass is 10.00. The average molecular weight is 413 g/mol. The predicted octanol–water partition coefficient (Wildman–Crippen LogP) is 6.28. The highest BCUT2D eigenvalue weighted by atomic mass is 32.4. The van der Waals surface area contributed by atoms with E-state index in [1.807, 2.05) is 12.1 Å². The van der Waals surface area contributed by atoms with Crippen LogP contribution in [-0.2, 0) is 11.8 Å². The van der Waals surface area contributed by atoms with Gasteiger partial charge in [-0.25, -0.2) is 0 Å². The summed E-state index contributed by atoms with van der Waals surface area (Å²) in [5.41, 5.74) is 1.31. The molecular weight excluding hydrogens is 379 g/mol. The third kappa shape index (κ3) is 6.29. The van der Waals surface area contributed by atoms with Gasteiger partial charge in [-0.15, -0.1) is 0 Å². The van der Waals surface area contributed by atoms with Gasteiger partial charge in [0.05, 0.1) is 0 Å². The molecular formula is C24H33N2PS. The summed E-state index contributed by atoms with van der Waals surface area (Å²) in [5, 5.41) is 10.8. The highest BCUT2D eigenvalue weighted by Gasteiger charge is 2.21. The maximum Gasteiger partial charge on any atom is 0.106 e. The van der Waals surface area contributed by atoms with Crippen LogP contribution in [0.25, 0.3) is 0 Å². The second-order valence-corrected chi connectivity index (χ2v) is 11.8. The smallest absolute Gasteiger partial charge is 0.106 e. The zero-order chi connectivity index (χ0) is 19.5. The summed E-state index contributed by atoms with van der Waals surface area (Å²) in [4.78, 5) is 0. The molecule has 0 radical (unpaired) electrons. The molecule has 0 amide bonds. The first-order valence-corrected chi connectivity index (χ1v) is 13.6.